The van der Waals surface area contributed by atoms with Gasteiger partial charge in [0.2, 0.25) is 5.88 Å². The number of aromatic nitrogens is 2. The first-order valence-electron chi connectivity index (χ1n) is 10.9. The van der Waals surface area contributed by atoms with E-state index in [1.807, 2.05) is 26.8 Å². The van der Waals surface area contributed by atoms with Crippen molar-refractivity contribution < 1.29 is 19.2 Å². The van der Waals surface area contributed by atoms with Gasteiger partial charge in [-0.25, -0.2) is 4.68 Å². The molecule has 0 amide bonds. The van der Waals surface area contributed by atoms with Crippen molar-refractivity contribution in [3.05, 3.63) is 92.2 Å². The third-order valence-corrected chi connectivity index (χ3v) is 5.78. The molecule has 0 spiro atoms. The molecule has 0 fully saturated rings. The van der Waals surface area contributed by atoms with Gasteiger partial charge in [-0.05, 0) is 51.8 Å². The van der Waals surface area contributed by atoms with Crippen molar-refractivity contribution in [2.24, 2.45) is 0 Å². The van der Waals surface area contributed by atoms with Gasteiger partial charge in [-0.15, -0.1) is 0 Å². The lowest BCUT2D eigenvalue weighted by molar-refractivity contribution is -0.385. The van der Waals surface area contributed by atoms with E-state index in [9.17, 15) is 19.7 Å². The Labute approximate surface area is 198 Å². The van der Waals surface area contributed by atoms with Gasteiger partial charge in [0.1, 0.15) is 5.56 Å². The normalized spacial score (nSPS) is 10.6. The summed E-state index contributed by atoms with van der Waals surface area (Å²) < 4.78 is 7.30. The maximum absolute atomic E-state index is 13.6. The van der Waals surface area contributed by atoms with Crippen LogP contribution < -0.4 is 4.74 Å². The number of hydrogen-bond acceptors (Lipinski definition) is 6. The lowest BCUT2D eigenvalue weighted by atomic mass is 9.90. The Balaban J connectivity index is 2.02. The summed E-state index contributed by atoms with van der Waals surface area (Å²) in [5, 5.41) is 15.9. The fraction of sp³-hybridized carbons (Fsp3) is 0.269. The number of ketones is 2. The Morgan fingerprint density at radius 1 is 1.06 bits per heavy atom. The number of nitrogens with zero attached hydrogens (tertiary/aromatic N) is 3. The number of benzene rings is 2. The van der Waals surface area contributed by atoms with Gasteiger partial charge in [-0.3, -0.25) is 19.7 Å². The number of nitro groups is 1. The molecule has 0 saturated carbocycles. The standard InChI is InChI=1S/C26H27N3O5/c1-6-28-26(34-15-23(30)19-10-8-7-9-11-19)21(14-27-28)25(31)20-12-13-22(29(32)33)24(18(20)5)17(4)16(2)3/h7-14H,6,15H2,1-5H3. The Morgan fingerprint density at radius 3 is 2.32 bits per heavy atom. The van der Waals surface area contributed by atoms with Gasteiger partial charge < -0.3 is 4.74 Å². The fourth-order valence-electron chi connectivity index (χ4n) is 3.71. The minimum Gasteiger partial charge on any atom is -0.469 e. The maximum Gasteiger partial charge on any atom is 0.277 e. The number of Topliss-reactive ketones (excluding diaryl/α,β-unsaturated/α-hetero) is 1. The molecule has 176 valence electrons. The number of carbonyl (C=O) groups excluding carboxylic acids is 2. The van der Waals surface area contributed by atoms with Crippen LogP contribution in [0.2, 0.25) is 0 Å². The molecule has 0 saturated heterocycles. The predicted octanol–water partition coefficient (Wildman–Crippen LogP) is 5.43. The molecular weight excluding hydrogens is 434 g/mol. The minimum atomic E-state index is -0.443. The van der Waals surface area contributed by atoms with E-state index >= 15 is 0 Å². The first-order chi connectivity index (χ1) is 16.2. The van der Waals surface area contributed by atoms with Gasteiger partial charge in [0, 0.05) is 23.7 Å². The summed E-state index contributed by atoms with van der Waals surface area (Å²) in [6.07, 6.45) is 1.41. The number of ether oxygens (including phenoxy) is 1. The topological polar surface area (TPSA) is 104 Å². The van der Waals surface area contributed by atoms with Crippen molar-refractivity contribution in [3.8, 4) is 5.88 Å². The van der Waals surface area contributed by atoms with Crippen LogP contribution in [0.15, 0.2) is 54.2 Å². The molecule has 0 unspecified atom stereocenters. The van der Waals surface area contributed by atoms with Crippen LogP contribution in [0.25, 0.3) is 5.57 Å². The molecule has 0 aliphatic carbocycles. The monoisotopic (exact) mass is 461 g/mol. The first-order valence-corrected chi connectivity index (χ1v) is 10.9. The molecule has 3 rings (SSSR count). The molecule has 2 aromatic carbocycles. The zero-order valence-electron chi connectivity index (χ0n) is 19.9. The summed E-state index contributed by atoms with van der Waals surface area (Å²) in [6, 6.07) is 11.6. The van der Waals surface area contributed by atoms with E-state index in [4.69, 9.17) is 4.74 Å². The highest BCUT2D eigenvalue weighted by Gasteiger charge is 2.27. The summed E-state index contributed by atoms with van der Waals surface area (Å²) in [7, 11) is 0. The van der Waals surface area contributed by atoms with Crippen molar-refractivity contribution in [3.63, 3.8) is 0 Å². The van der Waals surface area contributed by atoms with Crippen LogP contribution in [0.4, 0.5) is 5.69 Å². The van der Waals surface area contributed by atoms with Crippen LogP contribution >= 0.6 is 0 Å². The zero-order valence-corrected chi connectivity index (χ0v) is 19.9. The van der Waals surface area contributed by atoms with Gasteiger partial charge in [0.25, 0.3) is 5.69 Å². The van der Waals surface area contributed by atoms with E-state index in [1.54, 1.807) is 38.1 Å². The van der Waals surface area contributed by atoms with Gasteiger partial charge in [-0.1, -0.05) is 35.9 Å². The Hall–Kier alpha value is -4.07. The molecule has 0 atom stereocenters. The highest BCUT2D eigenvalue weighted by atomic mass is 16.6. The molecule has 8 nitrogen and oxygen atoms in total. The Bertz CT molecular complexity index is 1290. The lowest BCUT2D eigenvalue weighted by Crippen LogP contribution is -2.16. The molecular formula is C26H27N3O5. The smallest absolute Gasteiger partial charge is 0.277 e. The molecule has 0 radical (unpaired) electrons. The van der Waals surface area contributed by atoms with E-state index in [0.717, 1.165) is 11.1 Å². The molecule has 1 aromatic heterocycles. The molecule has 0 aliphatic rings. The van der Waals surface area contributed by atoms with E-state index in [-0.39, 0.29) is 35.3 Å². The number of allylic oxidation sites excluding steroid dienone is 2. The van der Waals surface area contributed by atoms with Crippen LogP contribution in [0.3, 0.4) is 0 Å². The third kappa shape index (κ3) is 4.80. The molecule has 0 bridgehead atoms. The second kappa shape index (κ2) is 10.2. The van der Waals surface area contributed by atoms with Crippen LogP contribution in [0, 0.1) is 17.0 Å². The molecule has 8 heteroatoms. The number of nitro benzene ring substituents is 1. The number of rotatable bonds is 9. The average molecular weight is 462 g/mol. The van der Waals surface area contributed by atoms with Crippen molar-refractivity contribution in [2.75, 3.05) is 6.61 Å². The third-order valence-electron chi connectivity index (χ3n) is 5.78. The van der Waals surface area contributed by atoms with E-state index in [2.05, 4.69) is 5.10 Å². The largest absolute Gasteiger partial charge is 0.469 e. The van der Waals surface area contributed by atoms with Gasteiger partial charge in [0.15, 0.2) is 18.2 Å². The number of carbonyl (C=O) groups is 2. The van der Waals surface area contributed by atoms with Crippen LogP contribution in [0.1, 0.15) is 65.1 Å². The highest BCUT2D eigenvalue weighted by Crippen LogP contribution is 2.34. The van der Waals surface area contributed by atoms with E-state index in [1.165, 1.54) is 23.0 Å². The van der Waals surface area contributed by atoms with Crippen molar-refractivity contribution >= 4 is 22.8 Å². The fourth-order valence-corrected chi connectivity index (χ4v) is 3.71. The SMILES string of the molecule is CCn1ncc(C(=O)c2ccc([N+](=O)[O-])c(C(C)=C(C)C)c2C)c1OCC(=O)c1ccccc1. The lowest BCUT2D eigenvalue weighted by Gasteiger charge is -2.14. The van der Waals surface area contributed by atoms with Gasteiger partial charge in [0.05, 0.1) is 16.7 Å². The molecule has 34 heavy (non-hydrogen) atoms. The number of aryl methyl sites for hydroxylation is 1. The first kappa shape index (κ1) is 24.6. The van der Waals surface area contributed by atoms with Gasteiger partial charge in [-0.2, -0.15) is 5.10 Å². The number of hydrogen-bond donors (Lipinski definition) is 0. The van der Waals surface area contributed by atoms with Crippen LogP contribution in [0.5, 0.6) is 5.88 Å². The highest BCUT2D eigenvalue weighted by molar-refractivity contribution is 6.12. The quantitative estimate of drug-likeness (QED) is 0.239. The second-order valence-corrected chi connectivity index (χ2v) is 8.10. The Kier molecular flexibility index (Phi) is 7.40. The molecule has 3 aromatic rings. The summed E-state index contributed by atoms with van der Waals surface area (Å²) >= 11 is 0. The minimum absolute atomic E-state index is 0.0538. The average Bonchev–Trinajstić information content (AvgIpc) is 3.24. The summed E-state index contributed by atoms with van der Waals surface area (Å²) in [6.45, 7) is 9.27. The summed E-state index contributed by atoms with van der Waals surface area (Å²) in [5.74, 6) is -0.414. The molecule has 1 heterocycles. The summed E-state index contributed by atoms with van der Waals surface area (Å²) in [5.41, 5.74) is 3.56. The second-order valence-electron chi connectivity index (χ2n) is 8.10. The van der Waals surface area contributed by atoms with Crippen molar-refractivity contribution in [2.45, 2.75) is 41.2 Å². The Morgan fingerprint density at radius 2 is 1.74 bits per heavy atom. The molecule has 0 N–H and O–H groups in total. The predicted molar refractivity (Wildman–Crippen MR) is 129 cm³/mol. The van der Waals surface area contributed by atoms with E-state index < -0.39 is 4.92 Å². The zero-order chi connectivity index (χ0) is 25.0. The maximum atomic E-state index is 13.6. The van der Waals surface area contributed by atoms with Crippen molar-refractivity contribution in [1.29, 1.82) is 0 Å². The van der Waals surface area contributed by atoms with E-state index in [0.29, 0.717) is 28.8 Å². The summed E-state index contributed by atoms with van der Waals surface area (Å²) in [4.78, 5) is 37.3. The van der Waals surface area contributed by atoms with Crippen LogP contribution in [-0.4, -0.2) is 32.9 Å². The van der Waals surface area contributed by atoms with Crippen molar-refractivity contribution in [1.82, 2.24) is 9.78 Å². The van der Waals surface area contributed by atoms with Crippen LogP contribution in [-0.2, 0) is 6.54 Å². The molecule has 0 aliphatic heterocycles. The van der Waals surface area contributed by atoms with Gasteiger partial charge >= 0.3 is 0 Å².